The molecule has 1 amide bonds. The van der Waals surface area contributed by atoms with E-state index in [1.165, 1.54) is 7.05 Å². The van der Waals surface area contributed by atoms with Crippen molar-refractivity contribution < 1.29 is 14.7 Å². The highest BCUT2D eigenvalue weighted by atomic mass is 32.2. The van der Waals surface area contributed by atoms with Gasteiger partial charge in [-0.05, 0) is 6.26 Å². The van der Waals surface area contributed by atoms with Crippen molar-refractivity contribution >= 4 is 23.6 Å². The smallest absolute Gasteiger partial charge is 0.317 e. The van der Waals surface area contributed by atoms with Crippen LogP contribution >= 0.6 is 11.8 Å². The molecule has 0 aliphatic carbocycles. The minimum atomic E-state index is -0.943. The van der Waals surface area contributed by atoms with Crippen LogP contribution in [0.3, 0.4) is 0 Å². The third kappa shape index (κ3) is 3.87. The van der Waals surface area contributed by atoms with Gasteiger partial charge < -0.3 is 10.4 Å². The largest absolute Gasteiger partial charge is 0.480 e. The van der Waals surface area contributed by atoms with Crippen LogP contribution in [0, 0.1) is 0 Å². The predicted octanol–water partition coefficient (Wildman–Crippen LogP) is -0.0613. The molecule has 11 heavy (non-hydrogen) atoms. The normalized spacial score (nSPS) is 12.2. The quantitative estimate of drug-likeness (QED) is 0.631. The van der Waals surface area contributed by atoms with Crippen LogP contribution in [0.5, 0.6) is 0 Å². The molecule has 0 aromatic carbocycles. The van der Waals surface area contributed by atoms with Crippen LogP contribution < -0.4 is 5.32 Å². The zero-order valence-corrected chi connectivity index (χ0v) is 7.27. The van der Waals surface area contributed by atoms with E-state index in [1.807, 2.05) is 0 Å². The molecule has 5 heteroatoms. The molecule has 0 spiro atoms. The van der Waals surface area contributed by atoms with E-state index in [-0.39, 0.29) is 12.3 Å². The number of nitrogens with one attached hydrogen (secondary N) is 1. The standard InChI is InChI=1S/C6H11NO3S/c1-7-5(8)3-4(11-2)6(9)10/h4H,3H2,1-2H3,(H,7,8)(H,9,10). The van der Waals surface area contributed by atoms with E-state index < -0.39 is 11.2 Å². The van der Waals surface area contributed by atoms with Gasteiger partial charge in [-0.1, -0.05) is 0 Å². The van der Waals surface area contributed by atoms with Gasteiger partial charge in [-0.2, -0.15) is 0 Å². The highest BCUT2D eigenvalue weighted by molar-refractivity contribution is 7.99. The summed E-state index contributed by atoms with van der Waals surface area (Å²) >= 11 is 1.16. The predicted molar refractivity (Wildman–Crippen MR) is 43.6 cm³/mol. The van der Waals surface area contributed by atoms with Crippen LogP contribution in [-0.4, -0.2) is 35.5 Å². The molecule has 1 atom stereocenters. The summed E-state index contributed by atoms with van der Waals surface area (Å²) in [6.07, 6.45) is 1.70. The average molecular weight is 177 g/mol. The Kier molecular flexibility index (Phi) is 4.69. The fraction of sp³-hybridized carbons (Fsp3) is 0.667. The van der Waals surface area contributed by atoms with Gasteiger partial charge >= 0.3 is 5.97 Å². The van der Waals surface area contributed by atoms with Gasteiger partial charge in [0.25, 0.3) is 0 Å². The Morgan fingerprint density at radius 1 is 1.64 bits per heavy atom. The summed E-state index contributed by atoms with van der Waals surface area (Å²) in [5, 5.41) is 10.3. The van der Waals surface area contributed by atoms with Crippen molar-refractivity contribution in [2.24, 2.45) is 0 Å². The molecule has 0 aliphatic rings. The molecule has 1 unspecified atom stereocenters. The van der Waals surface area contributed by atoms with Gasteiger partial charge in [0, 0.05) is 13.5 Å². The second kappa shape index (κ2) is 5.01. The summed E-state index contributed by atoms with van der Waals surface area (Å²) in [7, 11) is 1.49. The van der Waals surface area contributed by atoms with Crippen molar-refractivity contribution in [2.45, 2.75) is 11.7 Å². The first-order chi connectivity index (χ1) is 5.11. The van der Waals surface area contributed by atoms with Crippen molar-refractivity contribution in [3.63, 3.8) is 0 Å². The Labute approximate surface area is 69.4 Å². The molecule has 2 N–H and O–H groups in total. The molecular weight excluding hydrogens is 166 g/mol. The lowest BCUT2D eigenvalue weighted by atomic mass is 10.3. The lowest BCUT2D eigenvalue weighted by molar-refractivity contribution is -0.138. The molecule has 0 bridgehead atoms. The maximum atomic E-state index is 10.7. The highest BCUT2D eigenvalue weighted by Crippen LogP contribution is 2.10. The lowest BCUT2D eigenvalue weighted by Crippen LogP contribution is -2.26. The van der Waals surface area contributed by atoms with Gasteiger partial charge in [0.05, 0.1) is 0 Å². The van der Waals surface area contributed by atoms with Crippen LogP contribution in [0.15, 0.2) is 0 Å². The number of aliphatic carboxylic acids is 1. The van der Waals surface area contributed by atoms with Crippen LogP contribution in [0.1, 0.15) is 6.42 Å². The van der Waals surface area contributed by atoms with Crippen molar-refractivity contribution in [1.29, 1.82) is 0 Å². The average Bonchev–Trinajstić information content (AvgIpc) is 1.99. The van der Waals surface area contributed by atoms with Gasteiger partial charge in [-0.25, -0.2) is 0 Å². The van der Waals surface area contributed by atoms with Crippen LogP contribution in [0.4, 0.5) is 0 Å². The number of carbonyl (C=O) groups is 2. The van der Waals surface area contributed by atoms with Crippen LogP contribution in [0.25, 0.3) is 0 Å². The van der Waals surface area contributed by atoms with E-state index >= 15 is 0 Å². The molecular formula is C6H11NO3S. The zero-order chi connectivity index (χ0) is 8.85. The van der Waals surface area contributed by atoms with E-state index in [1.54, 1.807) is 6.26 Å². The highest BCUT2D eigenvalue weighted by Gasteiger charge is 2.18. The number of carboxylic acid groups (broad SMARTS) is 1. The number of hydrogen-bond acceptors (Lipinski definition) is 3. The molecule has 0 saturated carbocycles. The zero-order valence-electron chi connectivity index (χ0n) is 6.46. The minimum absolute atomic E-state index is 0.0347. The van der Waals surface area contributed by atoms with E-state index in [4.69, 9.17) is 5.11 Å². The molecule has 0 rings (SSSR count). The van der Waals surface area contributed by atoms with E-state index in [9.17, 15) is 9.59 Å². The van der Waals surface area contributed by atoms with Crippen molar-refractivity contribution in [3.8, 4) is 0 Å². The summed E-state index contributed by atoms with van der Waals surface area (Å²) in [6.45, 7) is 0. The molecule has 0 saturated heterocycles. The van der Waals surface area contributed by atoms with Crippen molar-refractivity contribution in [3.05, 3.63) is 0 Å². The maximum absolute atomic E-state index is 10.7. The summed E-state index contributed by atoms with van der Waals surface area (Å²) in [5.74, 6) is -1.19. The number of rotatable bonds is 4. The molecule has 0 heterocycles. The summed E-state index contributed by atoms with van der Waals surface area (Å²) in [4.78, 5) is 21.1. The molecule has 0 fully saturated rings. The third-order valence-electron chi connectivity index (χ3n) is 1.21. The number of hydrogen-bond donors (Lipinski definition) is 2. The first-order valence-corrected chi connectivity index (χ1v) is 4.36. The van der Waals surface area contributed by atoms with Crippen LogP contribution in [-0.2, 0) is 9.59 Å². The minimum Gasteiger partial charge on any atom is -0.480 e. The van der Waals surface area contributed by atoms with Gasteiger partial charge in [-0.3, -0.25) is 9.59 Å². The second-order valence-corrected chi connectivity index (χ2v) is 2.98. The van der Waals surface area contributed by atoms with Crippen LogP contribution in [0.2, 0.25) is 0 Å². The van der Waals surface area contributed by atoms with Gasteiger partial charge in [-0.15, -0.1) is 11.8 Å². The first-order valence-electron chi connectivity index (χ1n) is 3.08. The molecule has 4 nitrogen and oxygen atoms in total. The summed E-state index contributed by atoms with van der Waals surface area (Å²) in [5.41, 5.74) is 0. The third-order valence-corrected chi connectivity index (χ3v) is 2.15. The fourth-order valence-electron chi connectivity index (χ4n) is 0.542. The number of carbonyl (C=O) groups excluding carboxylic acids is 1. The Hall–Kier alpha value is -0.710. The topological polar surface area (TPSA) is 66.4 Å². The van der Waals surface area contributed by atoms with E-state index in [2.05, 4.69) is 5.32 Å². The SMILES string of the molecule is CNC(=O)CC(SC)C(=O)O. The Morgan fingerprint density at radius 2 is 2.18 bits per heavy atom. The van der Waals surface area contributed by atoms with Crippen molar-refractivity contribution in [1.82, 2.24) is 5.32 Å². The van der Waals surface area contributed by atoms with E-state index in [0.29, 0.717) is 0 Å². The van der Waals surface area contributed by atoms with Gasteiger partial charge in [0.1, 0.15) is 5.25 Å². The van der Waals surface area contributed by atoms with Gasteiger partial charge in [0.15, 0.2) is 0 Å². The van der Waals surface area contributed by atoms with Gasteiger partial charge in [0.2, 0.25) is 5.91 Å². The summed E-state index contributed by atoms with van der Waals surface area (Å²) < 4.78 is 0. The fourth-order valence-corrected chi connectivity index (χ4v) is 1.06. The summed E-state index contributed by atoms with van der Waals surface area (Å²) in [6, 6.07) is 0. The number of amides is 1. The number of thioether (sulfide) groups is 1. The molecule has 64 valence electrons. The molecule has 0 aromatic rings. The molecule has 0 aromatic heterocycles. The monoisotopic (exact) mass is 177 g/mol. The van der Waals surface area contributed by atoms with Crippen molar-refractivity contribution in [2.75, 3.05) is 13.3 Å². The Balaban J connectivity index is 3.88. The molecule has 0 aliphatic heterocycles. The number of carboxylic acids is 1. The molecule has 0 radical (unpaired) electrons. The maximum Gasteiger partial charge on any atom is 0.317 e. The second-order valence-electron chi connectivity index (χ2n) is 1.94. The Bertz CT molecular complexity index is 160. The Morgan fingerprint density at radius 3 is 2.45 bits per heavy atom. The van der Waals surface area contributed by atoms with E-state index in [0.717, 1.165) is 11.8 Å². The lowest BCUT2D eigenvalue weighted by Gasteiger charge is -2.06. The first kappa shape index (κ1) is 10.3.